The summed E-state index contributed by atoms with van der Waals surface area (Å²) in [5.41, 5.74) is 3.88. The van der Waals surface area contributed by atoms with Gasteiger partial charge in [0.15, 0.2) is 0 Å². The van der Waals surface area contributed by atoms with Crippen molar-refractivity contribution in [3.63, 3.8) is 0 Å². The Balaban J connectivity index is 0.00000144. The largest absolute Gasteiger partial charge is 0.482 e. The number of piperidine rings is 1. The monoisotopic (exact) mass is 315 g/mol. The van der Waals surface area contributed by atoms with Gasteiger partial charge in [0, 0.05) is 31.0 Å². The minimum absolute atomic E-state index is 0. The quantitative estimate of drug-likeness (QED) is 0.785. The Morgan fingerprint density at radius 2 is 1.82 bits per heavy atom. The normalized spacial score (nSPS) is 26.5. The fourth-order valence-electron chi connectivity index (χ4n) is 4.04. The van der Waals surface area contributed by atoms with Crippen molar-refractivity contribution in [1.29, 1.82) is 0 Å². The molecule has 0 N–H and O–H groups in total. The summed E-state index contributed by atoms with van der Waals surface area (Å²) in [4.78, 5) is 2.42. The molecule has 1 saturated heterocycles. The number of likely N-dealkylation sites (tertiary alicyclic amines) is 1. The molecule has 0 bridgehead atoms. The van der Waals surface area contributed by atoms with Crippen molar-refractivity contribution >= 4 is 12.4 Å². The van der Waals surface area contributed by atoms with Crippen LogP contribution in [0.4, 0.5) is 0 Å². The van der Waals surface area contributed by atoms with Gasteiger partial charge in [0.1, 0.15) is 11.4 Å². The highest BCUT2D eigenvalue weighted by molar-refractivity contribution is 5.85. The zero-order chi connectivity index (χ0) is 14.4. The van der Waals surface area contributed by atoms with Crippen LogP contribution in [-0.4, -0.2) is 25.0 Å². The molecule has 0 aliphatic carbocycles. The predicted molar refractivity (Wildman–Crippen MR) is 92.0 cm³/mol. The minimum atomic E-state index is -0.179. The van der Waals surface area contributed by atoms with E-state index in [1.165, 1.54) is 16.7 Å². The summed E-state index contributed by atoms with van der Waals surface area (Å²) in [7, 11) is 2.21. The lowest BCUT2D eigenvalue weighted by Gasteiger charge is -2.43. The molecule has 2 aromatic rings. The number of benzene rings is 2. The molecule has 0 radical (unpaired) electrons. The van der Waals surface area contributed by atoms with Crippen LogP contribution in [0.5, 0.6) is 5.75 Å². The first kappa shape index (κ1) is 15.4. The topological polar surface area (TPSA) is 12.5 Å². The van der Waals surface area contributed by atoms with Gasteiger partial charge in [0.25, 0.3) is 0 Å². The average Bonchev–Trinajstić information content (AvgIpc) is 2.83. The van der Waals surface area contributed by atoms with Gasteiger partial charge in [0.05, 0.1) is 0 Å². The van der Waals surface area contributed by atoms with Crippen molar-refractivity contribution in [3.05, 3.63) is 65.2 Å². The summed E-state index contributed by atoms with van der Waals surface area (Å²) < 4.78 is 6.59. The lowest BCUT2D eigenvalue weighted by atomic mass is 9.73. The van der Waals surface area contributed by atoms with Crippen molar-refractivity contribution < 1.29 is 4.74 Å². The van der Waals surface area contributed by atoms with Gasteiger partial charge < -0.3 is 9.64 Å². The first-order valence-electron chi connectivity index (χ1n) is 7.73. The second-order valence-corrected chi connectivity index (χ2v) is 6.41. The zero-order valence-corrected chi connectivity index (χ0v) is 13.9. The maximum atomic E-state index is 6.59. The van der Waals surface area contributed by atoms with Crippen LogP contribution in [0, 0.1) is 6.92 Å². The Hall–Kier alpha value is -1.51. The molecular weight excluding hydrogens is 294 g/mol. The lowest BCUT2D eigenvalue weighted by molar-refractivity contribution is 0.00652. The van der Waals surface area contributed by atoms with Crippen LogP contribution < -0.4 is 4.74 Å². The van der Waals surface area contributed by atoms with Crippen LogP contribution >= 0.6 is 12.4 Å². The SMILES string of the molecule is Cc1ccccc1C12CCN(C)CC1c1ccccc1O2.Cl. The molecule has 0 amide bonds. The molecular formula is C19H22ClNO. The summed E-state index contributed by atoms with van der Waals surface area (Å²) >= 11 is 0. The molecule has 2 heterocycles. The van der Waals surface area contributed by atoms with Crippen molar-refractivity contribution in [2.75, 3.05) is 20.1 Å². The van der Waals surface area contributed by atoms with E-state index in [2.05, 4.69) is 67.4 Å². The molecule has 0 spiro atoms. The second-order valence-electron chi connectivity index (χ2n) is 6.41. The van der Waals surface area contributed by atoms with Crippen molar-refractivity contribution in [3.8, 4) is 5.75 Å². The van der Waals surface area contributed by atoms with E-state index in [9.17, 15) is 0 Å². The zero-order valence-electron chi connectivity index (χ0n) is 13.1. The third kappa shape index (κ3) is 2.13. The molecule has 2 nitrogen and oxygen atoms in total. The van der Waals surface area contributed by atoms with E-state index in [1.807, 2.05) is 0 Å². The highest BCUT2D eigenvalue weighted by atomic mass is 35.5. The fraction of sp³-hybridized carbons (Fsp3) is 0.368. The smallest absolute Gasteiger partial charge is 0.144 e. The van der Waals surface area contributed by atoms with Gasteiger partial charge in [0.2, 0.25) is 0 Å². The molecule has 116 valence electrons. The number of ether oxygens (including phenoxy) is 1. The Morgan fingerprint density at radius 3 is 2.64 bits per heavy atom. The average molecular weight is 316 g/mol. The molecule has 2 unspecified atom stereocenters. The Morgan fingerprint density at radius 1 is 1.09 bits per heavy atom. The molecule has 2 aromatic carbocycles. The van der Waals surface area contributed by atoms with Gasteiger partial charge >= 0.3 is 0 Å². The summed E-state index contributed by atoms with van der Waals surface area (Å²) in [6.45, 7) is 4.34. The van der Waals surface area contributed by atoms with Gasteiger partial charge in [-0.3, -0.25) is 0 Å². The number of para-hydroxylation sites is 1. The van der Waals surface area contributed by atoms with E-state index in [4.69, 9.17) is 4.74 Å². The number of aryl methyl sites for hydroxylation is 1. The molecule has 2 atom stereocenters. The van der Waals surface area contributed by atoms with Gasteiger partial charge in [-0.2, -0.15) is 0 Å². The number of rotatable bonds is 1. The van der Waals surface area contributed by atoms with Gasteiger partial charge in [-0.1, -0.05) is 42.5 Å². The van der Waals surface area contributed by atoms with Crippen molar-refractivity contribution in [2.45, 2.75) is 24.9 Å². The second kappa shape index (κ2) is 5.60. The molecule has 2 aliphatic rings. The van der Waals surface area contributed by atoms with Gasteiger partial charge in [-0.05, 0) is 31.2 Å². The molecule has 3 heteroatoms. The number of hydrogen-bond donors (Lipinski definition) is 0. The maximum Gasteiger partial charge on any atom is 0.144 e. The van der Waals surface area contributed by atoms with Crippen LogP contribution in [0.3, 0.4) is 0 Å². The van der Waals surface area contributed by atoms with Crippen LogP contribution in [0.25, 0.3) is 0 Å². The summed E-state index contributed by atoms with van der Waals surface area (Å²) in [6.07, 6.45) is 1.05. The summed E-state index contributed by atoms with van der Waals surface area (Å²) in [5, 5.41) is 0. The van der Waals surface area contributed by atoms with Crippen LogP contribution in [-0.2, 0) is 5.60 Å². The van der Waals surface area contributed by atoms with Gasteiger partial charge in [-0.25, -0.2) is 0 Å². The van der Waals surface area contributed by atoms with E-state index in [0.29, 0.717) is 5.92 Å². The number of fused-ring (bicyclic) bond motifs is 3. The molecule has 4 rings (SSSR count). The Bertz CT molecular complexity index is 687. The van der Waals surface area contributed by atoms with Crippen LogP contribution in [0.2, 0.25) is 0 Å². The molecule has 0 aromatic heterocycles. The molecule has 22 heavy (non-hydrogen) atoms. The van der Waals surface area contributed by atoms with Gasteiger partial charge in [-0.15, -0.1) is 12.4 Å². The van der Waals surface area contributed by atoms with Crippen LogP contribution in [0.15, 0.2) is 48.5 Å². The van der Waals surface area contributed by atoms with E-state index >= 15 is 0 Å². The van der Waals surface area contributed by atoms with Crippen LogP contribution in [0.1, 0.15) is 29.0 Å². The standard InChI is InChI=1S/C19H21NO.ClH/c1-14-7-3-5-9-16(14)19-11-12-20(2)13-17(19)15-8-4-6-10-18(15)21-19;/h3-10,17H,11-13H2,1-2H3;1H. The Kier molecular flexibility index (Phi) is 3.92. The third-order valence-corrected chi connectivity index (χ3v) is 5.11. The third-order valence-electron chi connectivity index (χ3n) is 5.11. The number of hydrogen-bond acceptors (Lipinski definition) is 2. The minimum Gasteiger partial charge on any atom is -0.482 e. The molecule has 0 saturated carbocycles. The van der Waals surface area contributed by atoms with E-state index < -0.39 is 0 Å². The van der Waals surface area contributed by atoms with E-state index in [1.54, 1.807) is 0 Å². The number of nitrogens with zero attached hydrogens (tertiary/aromatic N) is 1. The first-order chi connectivity index (χ1) is 10.2. The first-order valence-corrected chi connectivity index (χ1v) is 7.73. The summed E-state index contributed by atoms with van der Waals surface area (Å²) in [5.74, 6) is 1.50. The van der Waals surface area contributed by atoms with E-state index in [0.717, 1.165) is 25.3 Å². The highest BCUT2D eigenvalue weighted by Crippen LogP contribution is 2.54. The predicted octanol–water partition coefficient (Wildman–Crippen LogP) is 4.12. The van der Waals surface area contributed by atoms with Crippen molar-refractivity contribution in [2.24, 2.45) is 0 Å². The number of halogens is 1. The fourth-order valence-corrected chi connectivity index (χ4v) is 4.04. The molecule has 1 fully saturated rings. The van der Waals surface area contributed by atoms with E-state index in [-0.39, 0.29) is 18.0 Å². The maximum absolute atomic E-state index is 6.59. The Labute approximate surface area is 138 Å². The molecule has 2 aliphatic heterocycles. The van der Waals surface area contributed by atoms with Crippen molar-refractivity contribution in [1.82, 2.24) is 4.90 Å². The highest BCUT2D eigenvalue weighted by Gasteiger charge is 2.52. The lowest BCUT2D eigenvalue weighted by Crippen LogP contribution is -2.48. The number of likely N-dealkylation sites (N-methyl/N-ethyl adjacent to an activating group) is 1. The summed E-state index contributed by atoms with van der Waals surface area (Å²) in [6, 6.07) is 17.3.